The average Bonchev–Trinajstić information content (AvgIpc) is 2.89. The highest BCUT2D eigenvalue weighted by atomic mass is 32.1. The van der Waals surface area contributed by atoms with Gasteiger partial charge in [0.05, 0.1) is 5.69 Å². The summed E-state index contributed by atoms with van der Waals surface area (Å²) in [4.78, 5) is 18.5. The summed E-state index contributed by atoms with van der Waals surface area (Å²) in [6, 6.07) is 9.52. The Morgan fingerprint density at radius 3 is 2.67 bits per heavy atom. The van der Waals surface area contributed by atoms with Gasteiger partial charge in [0.15, 0.2) is 5.13 Å². The maximum absolute atomic E-state index is 11.5. The molecule has 1 heterocycles. The Kier molecular flexibility index (Phi) is 3.92. The molecule has 1 saturated carbocycles. The predicted molar refractivity (Wildman–Crippen MR) is 85.1 cm³/mol. The Morgan fingerprint density at radius 2 is 2.10 bits per heavy atom. The molecule has 2 aromatic rings. The van der Waals surface area contributed by atoms with Crippen LogP contribution in [0.2, 0.25) is 0 Å². The molecule has 5 heteroatoms. The topological polar surface area (TPSA) is 53.4 Å². The number of aromatic nitrogens is 1. The summed E-state index contributed by atoms with van der Waals surface area (Å²) in [6.07, 6.45) is 3.85. The Labute approximate surface area is 128 Å². The molecule has 4 nitrogen and oxygen atoms in total. The van der Waals surface area contributed by atoms with E-state index in [1.165, 1.54) is 30.6 Å². The van der Waals surface area contributed by atoms with Gasteiger partial charge in [-0.3, -0.25) is 0 Å². The number of hydrogen-bond acceptors (Lipinski definition) is 4. The van der Waals surface area contributed by atoms with Crippen LogP contribution in [0.25, 0.3) is 11.3 Å². The zero-order valence-electron chi connectivity index (χ0n) is 12.0. The van der Waals surface area contributed by atoms with Gasteiger partial charge in [0.1, 0.15) is 4.88 Å². The molecule has 0 unspecified atom stereocenters. The minimum absolute atomic E-state index is 0.316. The molecule has 0 saturated heterocycles. The number of aromatic carboxylic acids is 1. The molecule has 0 spiro atoms. The molecule has 3 rings (SSSR count). The highest BCUT2D eigenvalue weighted by Crippen LogP contribution is 2.34. The lowest BCUT2D eigenvalue weighted by molar-refractivity contribution is 0.0702. The van der Waals surface area contributed by atoms with Crippen LogP contribution in [0.1, 0.15) is 28.9 Å². The van der Waals surface area contributed by atoms with E-state index in [0.29, 0.717) is 10.6 Å². The minimum Gasteiger partial charge on any atom is -0.477 e. The molecule has 0 amide bonds. The van der Waals surface area contributed by atoms with Gasteiger partial charge >= 0.3 is 5.97 Å². The molecule has 1 aliphatic carbocycles. The molecule has 0 aliphatic heterocycles. The van der Waals surface area contributed by atoms with E-state index in [1.54, 1.807) is 0 Å². The molecular weight excluding hydrogens is 284 g/mol. The van der Waals surface area contributed by atoms with Crippen LogP contribution in [-0.2, 0) is 0 Å². The summed E-state index contributed by atoms with van der Waals surface area (Å²) < 4.78 is 0. The Hall–Kier alpha value is -1.88. The number of carboxylic acid groups (broad SMARTS) is 1. The first-order valence-electron chi connectivity index (χ1n) is 7.16. The van der Waals surface area contributed by atoms with Crippen molar-refractivity contribution < 1.29 is 9.90 Å². The molecular formula is C16H18N2O2S. The van der Waals surface area contributed by atoms with Gasteiger partial charge in [-0.25, -0.2) is 9.78 Å². The zero-order valence-corrected chi connectivity index (χ0v) is 12.8. The number of hydrogen-bond donors (Lipinski definition) is 1. The summed E-state index contributed by atoms with van der Waals surface area (Å²) in [5, 5.41) is 10.2. The van der Waals surface area contributed by atoms with Gasteiger partial charge in [0, 0.05) is 19.2 Å². The van der Waals surface area contributed by atoms with E-state index in [2.05, 4.69) is 9.88 Å². The van der Waals surface area contributed by atoms with Crippen molar-refractivity contribution in [2.45, 2.75) is 19.3 Å². The van der Waals surface area contributed by atoms with Crippen LogP contribution in [-0.4, -0.2) is 29.7 Å². The van der Waals surface area contributed by atoms with Crippen molar-refractivity contribution in [1.82, 2.24) is 4.98 Å². The molecule has 1 fully saturated rings. The standard InChI is InChI=1S/C16H18N2O2S/c1-18(10-11-6-5-7-11)16-17-13(14(21-16)15(19)20)12-8-3-2-4-9-12/h2-4,8-9,11H,5-7,10H2,1H3,(H,19,20). The number of rotatable bonds is 5. The van der Waals surface area contributed by atoms with Crippen LogP contribution in [0, 0.1) is 5.92 Å². The van der Waals surface area contributed by atoms with Gasteiger partial charge in [0.25, 0.3) is 0 Å². The first-order chi connectivity index (χ1) is 10.1. The molecule has 1 aromatic carbocycles. The van der Waals surface area contributed by atoms with Gasteiger partial charge in [0.2, 0.25) is 0 Å². The predicted octanol–water partition coefficient (Wildman–Crippen LogP) is 3.74. The molecule has 1 N–H and O–H groups in total. The van der Waals surface area contributed by atoms with Crippen molar-refractivity contribution >= 4 is 22.4 Å². The van der Waals surface area contributed by atoms with Gasteiger partial charge in [-0.2, -0.15) is 0 Å². The zero-order chi connectivity index (χ0) is 14.8. The third-order valence-corrected chi connectivity index (χ3v) is 5.10. The van der Waals surface area contributed by atoms with Gasteiger partial charge in [-0.1, -0.05) is 48.1 Å². The average molecular weight is 302 g/mol. The fourth-order valence-electron chi connectivity index (χ4n) is 2.55. The van der Waals surface area contributed by atoms with Crippen LogP contribution in [0.5, 0.6) is 0 Å². The summed E-state index contributed by atoms with van der Waals surface area (Å²) >= 11 is 1.26. The van der Waals surface area contributed by atoms with Crippen LogP contribution < -0.4 is 4.90 Å². The second-order valence-corrected chi connectivity index (χ2v) is 6.50. The minimum atomic E-state index is -0.908. The third-order valence-electron chi connectivity index (χ3n) is 3.94. The number of nitrogens with zero attached hydrogens (tertiary/aromatic N) is 2. The second kappa shape index (κ2) is 5.85. The number of thiazole rings is 1. The first-order valence-corrected chi connectivity index (χ1v) is 7.97. The van der Waals surface area contributed by atoms with Crippen molar-refractivity contribution in [2.24, 2.45) is 5.92 Å². The second-order valence-electron chi connectivity index (χ2n) is 5.52. The summed E-state index contributed by atoms with van der Waals surface area (Å²) in [5.74, 6) is -0.179. The molecule has 1 aromatic heterocycles. The SMILES string of the molecule is CN(CC1CCC1)c1nc(-c2ccccc2)c(C(=O)O)s1. The molecule has 0 atom stereocenters. The van der Waals surface area contributed by atoms with Crippen molar-refractivity contribution in [1.29, 1.82) is 0 Å². The van der Waals surface area contributed by atoms with Crippen LogP contribution >= 0.6 is 11.3 Å². The van der Waals surface area contributed by atoms with Crippen LogP contribution in [0.3, 0.4) is 0 Å². The number of benzene rings is 1. The van der Waals surface area contributed by atoms with Crippen molar-refractivity contribution in [3.8, 4) is 11.3 Å². The highest BCUT2D eigenvalue weighted by Gasteiger charge is 2.24. The fraction of sp³-hybridized carbons (Fsp3) is 0.375. The Bertz CT molecular complexity index is 635. The Balaban J connectivity index is 1.90. The lowest BCUT2D eigenvalue weighted by atomic mass is 9.85. The van der Waals surface area contributed by atoms with E-state index < -0.39 is 5.97 Å². The van der Waals surface area contributed by atoms with E-state index in [4.69, 9.17) is 0 Å². The smallest absolute Gasteiger partial charge is 0.348 e. The highest BCUT2D eigenvalue weighted by molar-refractivity contribution is 7.17. The maximum Gasteiger partial charge on any atom is 0.348 e. The molecule has 21 heavy (non-hydrogen) atoms. The summed E-state index contributed by atoms with van der Waals surface area (Å²) in [5.41, 5.74) is 1.43. The fourth-order valence-corrected chi connectivity index (χ4v) is 3.45. The molecule has 110 valence electrons. The van der Waals surface area contributed by atoms with Crippen molar-refractivity contribution in [3.05, 3.63) is 35.2 Å². The van der Waals surface area contributed by atoms with Crippen molar-refractivity contribution in [2.75, 3.05) is 18.5 Å². The largest absolute Gasteiger partial charge is 0.477 e. The molecule has 0 radical (unpaired) electrons. The van der Waals surface area contributed by atoms with Crippen molar-refractivity contribution in [3.63, 3.8) is 0 Å². The van der Waals surface area contributed by atoms with E-state index in [9.17, 15) is 9.90 Å². The third kappa shape index (κ3) is 2.93. The van der Waals surface area contributed by atoms with E-state index in [1.807, 2.05) is 37.4 Å². The number of carbonyl (C=O) groups is 1. The van der Waals surface area contributed by atoms with Gasteiger partial charge < -0.3 is 10.0 Å². The van der Waals surface area contributed by atoms with E-state index in [-0.39, 0.29) is 0 Å². The maximum atomic E-state index is 11.5. The van der Waals surface area contributed by atoms with Crippen LogP contribution in [0.15, 0.2) is 30.3 Å². The molecule has 1 aliphatic rings. The van der Waals surface area contributed by atoms with E-state index >= 15 is 0 Å². The summed E-state index contributed by atoms with van der Waals surface area (Å²) in [6.45, 7) is 0.959. The number of anilines is 1. The number of carboxylic acids is 1. The monoisotopic (exact) mass is 302 g/mol. The summed E-state index contributed by atoms with van der Waals surface area (Å²) in [7, 11) is 2.00. The first kappa shape index (κ1) is 14.1. The lowest BCUT2D eigenvalue weighted by Crippen LogP contribution is -2.29. The lowest BCUT2D eigenvalue weighted by Gasteiger charge is -2.29. The van der Waals surface area contributed by atoms with Gasteiger partial charge in [-0.15, -0.1) is 0 Å². The van der Waals surface area contributed by atoms with E-state index in [0.717, 1.165) is 23.2 Å². The Morgan fingerprint density at radius 1 is 1.38 bits per heavy atom. The quantitative estimate of drug-likeness (QED) is 0.914. The molecule has 0 bridgehead atoms. The normalized spacial score (nSPS) is 14.7. The van der Waals surface area contributed by atoms with Gasteiger partial charge in [-0.05, 0) is 18.8 Å². The van der Waals surface area contributed by atoms with Crippen LogP contribution in [0.4, 0.5) is 5.13 Å².